The maximum Gasteiger partial charge on any atom is 0.225 e. The monoisotopic (exact) mass is 476 g/mol. The molecule has 0 bridgehead atoms. The van der Waals surface area contributed by atoms with Crippen molar-refractivity contribution in [2.75, 3.05) is 0 Å². The van der Waals surface area contributed by atoms with Gasteiger partial charge in [0.15, 0.2) is 0 Å². The Labute approximate surface area is 181 Å². The normalized spacial score (nSPS) is 11.8. The van der Waals surface area contributed by atoms with Crippen LogP contribution in [-0.4, -0.2) is 16.7 Å². The summed E-state index contributed by atoms with van der Waals surface area (Å²) in [6.45, 7) is 2.62. The largest absolute Gasteiger partial charge is 0.349 e. The van der Waals surface area contributed by atoms with E-state index in [2.05, 4.69) is 21.2 Å². The number of nitrogens with zero attached hydrogens (tertiary/aromatic N) is 1. The first-order chi connectivity index (χ1) is 13.5. The van der Waals surface area contributed by atoms with Gasteiger partial charge in [-0.15, -0.1) is 22.7 Å². The zero-order valence-electron chi connectivity index (χ0n) is 15.4. The first kappa shape index (κ1) is 20.8. The van der Waals surface area contributed by atoms with Crippen LogP contribution in [0.25, 0.3) is 0 Å². The highest BCUT2D eigenvalue weighted by Gasteiger charge is 2.22. The van der Waals surface area contributed by atoms with Crippen LogP contribution in [0.5, 0.6) is 0 Å². The van der Waals surface area contributed by atoms with E-state index in [1.807, 2.05) is 64.2 Å². The Balaban J connectivity index is 1.78. The van der Waals surface area contributed by atoms with Gasteiger partial charge in [-0.3, -0.25) is 9.59 Å². The van der Waals surface area contributed by atoms with Crippen LogP contribution in [0, 0.1) is 0 Å². The fourth-order valence-corrected chi connectivity index (χ4v) is 4.61. The number of rotatable bonds is 8. The van der Waals surface area contributed by atoms with Crippen molar-refractivity contribution in [1.82, 2.24) is 10.2 Å². The summed E-state index contributed by atoms with van der Waals surface area (Å²) in [6, 6.07) is 15.4. The molecule has 2 amide bonds. The molecule has 7 heteroatoms. The second kappa shape index (κ2) is 10.0. The van der Waals surface area contributed by atoms with Crippen LogP contribution < -0.4 is 5.32 Å². The van der Waals surface area contributed by atoms with Crippen molar-refractivity contribution in [3.05, 3.63) is 79.1 Å². The summed E-state index contributed by atoms with van der Waals surface area (Å²) >= 11 is 6.71. The minimum Gasteiger partial charge on any atom is -0.349 e. The number of carbonyl (C=O) groups is 2. The van der Waals surface area contributed by atoms with Crippen LogP contribution in [0.1, 0.15) is 34.7 Å². The molecule has 0 fully saturated rings. The molecular formula is C21H21BrN2O2S2. The summed E-state index contributed by atoms with van der Waals surface area (Å²) in [7, 11) is 0. The lowest BCUT2D eigenvalue weighted by molar-refractivity contribution is -0.133. The maximum absolute atomic E-state index is 13.2. The van der Waals surface area contributed by atoms with Gasteiger partial charge in [0.05, 0.1) is 25.6 Å². The molecule has 1 unspecified atom stereocenters. The number of carbonyl (C=O) groups excluding carboxylic acids is 2. The lowest BCUT2D eigenvalue weighted by Gasteiger charge is -2.25. The average Bonchev–Trinajstić information content (AvgIpc) is 3.35. The quantitative estimate of drug-likeness (QED) is 0.475. The summed E-state index contributed by atoms with van der Waals surface area (Å²) in [6.07, 6.45) is 0.220. The summed E-state index contributed by atoms with van der Waals surface area (Å²) in [4.78, 5) is 29.1. The smallest absolute Gasteiger partial charge is 0.225 e. The van der Waals surface area contributed by atoms with Crippen LogP contribution in [0.3, 0.4) is 0 Å². The third-order valence-corrected chi connectivity index (χ3v) is 6.49. The molecule has 3 rings (SSSR count). The molecule has 0 aliphatic rings. The minimum atomic E-state index is -0.354. The molecule has 0 aliphatic heterocycles. The molecule has 1 aromatic carbocycles. The Hall–Kier alpha value is -1.96. The molecular weight excluding hydrogens is 456 g/mol. The molecule has 4 nitrogen and oxygen atoms in total. The third-order valence-electron chi connectivity index (χ3n) is 4.23. The average molecular weight is 477 g/mol. The van der Waals surface area contributed by atoms with Crippen molar-refractivity contribution in [3.8, 4) is 0 Å². The second-order valence-corrected chi connectivity index (χ2v) is 9.40. The second-order valence-electron chi connectivity index (χ2n) is 6.42. The Kier molecular flexibility index (Phi) is 7.42. The molecule has 0 aliphatic carbocycles. The summed E-state index contributed by atoms with van der Waals surface area (Å²) < 4.78 is 0.959. The van der Waals surface area contributed by atoms with Crippen molar-refractivity contribution in [2.45, 2.75) is 32.5 Å². The topological polar surface area (TPSA) is 49.4 Å². The minimum absolute atomic E-state index is 0.0171. The van der Waals surface area contributed by atoms with E-state index in [-0.39, 0.29) is 24.3 Å². The van der Waals surface area contributed by atoms with E-state index in [4.69, 9.17) is 0 Å². The zero-order valence-corrected chi connectivity index (χ0v) is 18.6. The molecule has 0 saturated heterocycles. The summed E-state index contributed by atoms with van der Waals surface area (Å²) in [5.74, 6) is -0.132. The molecule has 146 valence electrons. The Morgan fingerprint density at radius 3 is 2.04 bits per heavy atom. The van der Waals surface area contributed by atoms with Gasteiger partial charge in [-0.2, -0.15) is 0 Å². The molecule has 2 aromatic heterocycles. The number of halogens is 1. The van der Waals surface area contributed by atoms with Gasteiger partial charge in [-0.1, -0.05) is 40.2 Å². The van der Waals surface area contributed by atoms with E-state index < -0.39 is 0 Å². The predicted octanol–water partition coefficient (Wildman–Crippen LogP) is 5.37. The number of benzene rings is 1. The van der Waals surface area contributed by atoms with E-state index >= 15 is 0 Å². The van der Waals surface area contributed by atoms with Gasteiger partial charge in [0.25, 0.3) is 0 Å². The standard InChI is InChI=1S/C21H21BrN2O2S2/c1-15(25)23-20(16-6-8-17(22)9-7-16)12-21(26)24(13-18-4-2-10-27-18)14-19-5-3-11-28-19/h2-11,20H,12-14H2,1H3,(H,23,25). The van der Waals surface area contributed by atoms with Crippen LogP contribution in [-0.2, 0) is 22.7 Å². The fraction of sp³-hybridized carbons (Fsp3) is 0.238. The Morgan fingerprint density at radius 1 is 1.00 bits per heavy atom. The maximum atomic E-state index is 13.2. The molecule has 0 spiro atoms. The number of nitrogens with one attached hydrogen (secondary N) is 1. The van der Waals surface area contributed by atoms with Gasteiger partial charge in [-0.25, -0.2) is 0 Å². The first-order valence-electron chi connectivity index (χ1n) is 8.86. The Morgan fingerprint density at radius 2 is 1.57 bits per heavy atom. The highest BCUT2D eigenvalue weighted by atomic mass is 79.9. The predicted molar refractivity (Wildman–Crippen MR) is 118 cm³/mol. The number of hydrogen-bond donors (Lipinski definition) is 1. The summed E-state index contributed by atoms with van der Waals surface area (Å²) in [5, 5.41) is 6.96. The summed E-state index contributed by atoms with van der Waals surface area (Å²) in [5.41, 5.74) is 0.916. The van der Waals surface area contributed by atoms with Crippen molar-refractivity contribution >= 4 is 50.4 Å². The van der Waals surface area contributed by atoms with E-state index in [9.17, 15) is 9.59 Å². The SMILES string of the molecule is CC(=O)NC(CC(=O)N(Cc1cccs1)Cc1cccs1)c1ccc(Br)cc1. The van der Waals surface area contributed by atoms with Gasteiger partial charge >= 0.3 is 0 Å². The molecule has 3 aromatic rings. The van der Waals surface area contributed by atoms with Gasteiger partial charge in [0.2, 0.25) is 11.8 Å². The van der Waals surface area contributed by atoms with Gasteiger partial charge in [0, 0.05) is 21.2 Å². The highest BCUT2D eigenvalue weighted by molar-refractivity contribution is 9.10. The first-order valence-corrected chi connectivity index (χ1v) is 11.4. The van der Waals surface area contributed by atoms with Gasteiger partial charge in [0.1, 0.15) is 0 Å². The zero-order chi connectivity index (χ0) is 19.9. The van der Waals surface area contributed by atoms with Crippen LogP contribution in [0.15, 0.2) is 63.8 Å². The van der Waals surface area contributed by atoms with Gasteiger partial charge < -0.3 is 10.2 Å². The van der Waals surface area contributed by atoms with E-state index in [1.54, 1.807) is 22.7 Å². The van der Waals surface area contributed by atoms with Gasteiger partial charge in [-0.05, 0) is 40.6 Å². The molecule has 28 heavy (non-hydrogen) atoms. The van der Waals surface area contributed by atoms with Crippen molar-refractivity contribution in [3.63, 3.8) is 0 Å². The lowest BCUT2D eigenvalue weighted by Crippen LogP contribution is -2.35. The number of hydrogen-bond acceptors (Lipinski definition) is 4. The highest BCUT2D eigenvalue weighted by Crippen LogP contribution is 2.23. The molecule has 1 atom stereocenters. The fourth-order valence-electron chi connectivity index (χ4n) is 2.91. The third kappa shape index (κ3) is 6.02. The van der Waals surface area contributed by atoms with E-state index in [1.165, 1.54) is 6.92 Å². The number of amides is 2. The van der Waals surface area contributed by atoms with Crippen molar-refractivity contribution in [1.29, 1.82) is 0 Å². The van der Waals surface area contributed by atoms with Crippen molar-refractivity contribution < 1.29 is 9.59 Å². The Bertz CT molecular complexity index is 857. The van der Waals surface area contributed by atoms with Crippen LogP contribution in [0.2, 0.25) is 0 Å². The van der Waals surface area contributed by atoms with Crippen LogP contribution >= 0.6 is 38.6 Å². The number of thiophene rings is 2. The van der Waals surface area contributed by atoms with Crippen LogP contribution in [0.4, 0.5) is 0 Å². The molecule has 1 N–H and O–H groups in total. The molecule has 2 heterocycles. The van der Waals surface area contributed by atoms with Crippen molar-refractivity contribution in [2.24, 2.45) is 0 Å². The van der Waals surface area contributed by atoms with E-state index in [0.717, 1.165) is 19.8 Å². The lowest BCUT2D eigenvalue weighted by atomic mass is 10.0. The molecule has 0 radical (unpaired) electrons. The van der Waals surface area contributed by atoms with E-state index in [0.29, 0.717) is 13.1 Å². The molecule has 0 saturated carbocycles.